The molecule has 56 valence electrons. The lowest BCUT2D eigenvalue weighted by Gasteiger charge is -1.89. The van der Waals surface area contributed by atoms with Crippen molar-refractivity contribution in [1.82, 2.24) is 0 Å². The van der Waals surface area contributed by atoms with Crippen LogP contribution in [0.1, 0.15) is 20.8 Å². The van der Waals surface area contributed by atoms with Crippen molar-refractivity contribution >= 4 is 5.78 Å². The molecular weight excluding hydrogens is 128 g/mol. The Morgan fingerprint density at radius 1 is 1.20 bits per heavy atom. The topological polar surface area (TPSA) is 37.3 Å². The number of aliphatic hydroxyl groups is 1. The summed E-state index contributed by atoms with van der Waals surface area (Å²) in [5, 5.41) is 8.95. The van der Waals surface area contributed by atoms with Gasteiger partial charge in [0.05, 0.1) is 0 Å². The van der Waals surface area contributed by atoms with E-state index < -0.39 is 0 Å². The summed E-state index contributed by atoms with van der Waals surface area (Å²) in [5.74, 6) is -0.123. The van der Waals surface area contributed by atoms with Gasteiger partial charge in [0.25, 0.3) is 0 Å². The van der Waals surface area contributed by atoms with E-state index >= 15 is 0 Å². The summed E-state index contributed by atoms with van der Waals surface area (Å²) in [4.78, 5) is 10.4. The molecule has 0 spiro atoms. The molecule has 0 amide bonds. The molecule has 2 heteroatoms. The van der Waals surface area contributed by atoms with Gasteiger partial charge in [-0.15, -0.1) is 0 Å². The predicted octanol–water partition coefficient (Wildman–Crippen LogP) is 1.98. The number of rotatable bonds is 2. The highest BCUT2D eigenvalue weighted by Gasteiger charge is 1.89. The van der Waals surface area contributed by atoms with Gasteiger partial charge in [0.2, 0.25) is 0 Å². The molecule has 0 aliphatic heterocycles. The van der Waals surface area contributed by atoms with Crippen molar-refractivity contribution in [2.75, 3.05) is 0 Å². The molecule has 2 nitrogen and oxygen atoms in total. The molecule has 10 heavy (non-hydrogen) atoms. The number of aliphatic hydroxyl groups excluding tert-OH is 1. The van der Waals surface area contributed by atoms with Crippen LogP contribution in [-0.2, 0) is 4.79 Å². The summed E-state index contributed by atoms with van der Waals surface area (Å²) in [7, 11) is 0. The van der Waals surface area contributed by atoms with E-state index in [1.807, 2.05) is 13.8 Å². The average Bonchev–Trinajstić information content (AvgIpc) is 1.58. The fraction of sp³-hybridized carbons (Fsp3) is 0.375. The average molecular weight is 140 g/mol. The molecule has 0 radical (unpaired) electrons. The van der Waals surface area contributed by atoms with Gasteiger partial charge in [0.15, 0.2) is 5.78 Å². The Hall–Kier alpha value is -1.05. The summed E-state index contributed by atoms with van der Waals surface area (Å²) >= 11 is 0. The van der Waals surface area contributed by atoms with Crippen LogP contribution in [0.4, 0.5) is 0 Å². The van der Waals surface area contributed by atoms with Crippen molar-refractivity contribution in [2.45, 2.75) is 20.8 Å². The number of carbonyl (C=O) groups is 1. The predicted molar refractivity (Wildman–Crippen MR) is 40.8 cm³/mol. The van der Waals surface area contributed by atoms with Crippen LogP contribution in [0, 0.1) is 0 Å². The second kappa shape index (κ2) is 3.88. The van der Waals surface area contributed by atoms with E-state index in [0.29, 0.717) is 0 Å². The van der Waals surface area contributed by atoms with Crippen molar-refractivity contribution in [3.8, 4) is 0 Å². The Morgan fingerprint density at radius 3 is 2.00 bits per heavy atom. The first-order valence-electron chi connectivity index (χ1n) is 3.08. The highest BCUT2D eigenvalue weighted by atomic mass is 16.3. The van der Waals surface area contributed by atoms with Gasteiger partial charge in [-0.1, -0.05) is 5.57 Å². The van der Waals surface area contributed by atoms with Crippen molar-refractivity contribution in [3.05, 3.63) is 23.5 Å². The number of hydrogen-bond donors (Lipinski definition) is 1. The van der Waals surface area contributed by atoms with Gasteiger partial charge < -0.3 is 5.11 Å². The number of carbonyl (C=O) groups excluding carboxylic acids is 1. The third kappa shape index (κ3) is 5.09. The smallest absolute Gasteiger partial charge is 0.156 e. The Balaban J connectivity index is 4.22. The van der Waals surface area contributed by atoms with Crippen molar-refractivity contribution in [3.63, 3.8) is 0 Å². The fourth-order valence-corrected chi connectivity index (χ4v) is 0.546. The molecule has 1 N–H and O–H groups in total. The standard InChI is InChI=1S/C8H12O2/c1-6(2)4-8(10)5-7(3)9/h4-5,10H,1-3H3. The van der Waals surface area contributed by atoms with E-state index in [0.717, 1.165) is 5.57 Å². The van der Waals surface area contributed by atoms with Crippen LogP contribution in [0.25, 0.3) is 0 Å². The van der Waals surface area contributed by atoms with Crippen molar-refractivity contribution in [1.29, 1.82) is 0 Å². The summed E-state index contributed by atoms with van der Waals surface area (Å²) in [6, 6.07) is 0. The SMILES string of the molecule is CC(=O)C=C(O)C=C(C)C. The second-order valence-corrected chi connectivity index (χ2v) is 2.40. The maximum absolute atomic E-state index is 10.4. The maximum Gasteiger partial charge on any atom is 0.156 e. The third-order valence-corrected chi connectivity index (χ3v) is 0.788. The Labute approximate surface area is 60.9 Å². The number of allylic oxidation sites excluding steroid dienone is 3. The molecule has 0 saturated carbocycles. The van der Waals surface area contributed by atoms with Crippen molar-refractivity contribution in [2.24, 2.45) is 0 Å². The van der Waals surface area contributed by atoms with Crippen LogP contribution in [0.5, 0.6) is 0 Å². The Morgan fingerprint density at radius 2 is 1.70 bits per heavy atom. The molecule has 0 heterocycles. The van der Waals surface area contributed by atoms with E-state index in [9.17, 15) is 4.79 Å². The molecular formula is C8H12O2. The first-order valence-corrected chi connectivity index (χ1v) is 3.08. The normalized spacial score (nSPS) is 10.9. The first kappa shape index (κ1) is 8.95. The van der Waals surface area contributed by atoms with Gasteiger partial charge in [-0.2, -0.15) is 0 Å². The minimum Gasteiger partial charge on any atom is -0.508 e. The molecule has 0 fully saturated rings. The molecule has 0 saturated heterocycles. The lowest BCUT2D eigenvalue weighted by Crippen LogP contribution is -1.85. The van der Waals surface area contributed by atoms with E-state index in [-0.39, 0.29) is 11.5 Å². The highest BCUT2D eigenvalue weighted by molar-refractivity contribution is 5.87. The summed E-state index contributed by atoms with van der Waals surface area (Å²) < 4.78 is 0. The maximum atomic E-state index is 10.4. The van der Waals surface area contributed by atoms with E-state index in [1.165, 1.54) is 13.0 Å². The zero-order valence-corrected chi connectivity index (χ0v) is 6.51. The zero-order chi connectivity index (χ0) is 8.15. The van der Waals surface area contributed by atoms with E-state index in [1.54, 1.807) is 6.08 Å². The Bertz CT molecular complexity index is 183. The van der Waals surface area contributed by atoms with Gasteiger partial charge in [-0.3, -0.25) is 4.79 Å². The summed E-state index contributed by atoms with van der Waals surface area (Å²) in [6.45, 7) is 5.10. The highest BCUT2D eigenvalue weighted by Crippen LogP contribution is 1.97. The van der Waals surface area contributed by atoms with E-state index in [4.69, 9.17) is 5.11 Å². The van der Waals surface area contributed by atoms with Crippen LogP contribution < -0.4 is 0 Å². The number of ketones is 1. The minimum atomic E-state index is -0.144. The quantitative estimate of drug-likeness (QED) is 0.362. The lowest BCUT2D eigenvalue weighted by atomic mass is 10.2. The minimum absolute atomic E-state index is 0.0208. The summed E-state index contributed by atoms with van der Waals surface area (Å²) in [6.07, 6.45) is 2.73. The molecule has 0 atom stereocenters. The number of hydrogen-bond acceptors (Lipinski definition) is 2. The van der Waals surface area contributed by atoms with E-state index in [2.05, 4.69) is 0 Å². The van der Waals surface area contributed by atoms with Crippen LogP contribution in [0.2, 0.25) is 0 Å². The van der Waals surface area contributed by atoms with Crippen LogP contribution >= 0.6 is 0 Å². The molecule has 0 aliphatic carbocycles. The first-order chi connectivity index (χ1) is 4.52. The monoisotopic (exact) mass is 140 g/mol. The summed E-state index contributed by atoms with van der Waals surface area (Å²) in [5.41, 5.74) is 0.968. The molecule has 0 aliphatic rings. The zero-order valence-electron chi connectivity index (χ0n) is 6.51. The van der Waals surface area contributed by atoms with Crippen molar-refractivity contribution < 1.29 is 9.90 Å². The molecule has 0 rings (SSSR count). The van der Waals surface area contributed by atoms with Crippen LogP contribution in [0.15, 0.2) is 23.5 Å². The molecule has 0 aromatic rings. The Kier molecular flexibility index (Phi) is 3.47. The third-order valence-electron chi connectivity index (χ3n) is 0.788. The molecule has 0 bridgehead atoms. The largest absolute Gasteiger partial charge is 0.508 e. The van der Waals surface area contributed by atoms with Gasteiger partial charge in [-0.25, -0.2) is 0 Å². The van der Waals surface area contributed by atoms with Gasteiger partial charge >= 0.3 is 0 Å². The molecule has 0 aromatic carbocycles. The molecule has 0 aromatic heterocycles. The lowest BCUT2D eigenvalue weighted by molar-refractivity contribution is -0.112. The second-order valence-electron chi connectivity index (χ2n) is 2.40. The van der Waals surface area contributed by atoms with Crippen LogP contribution in [-0.4, -0.2) is 10.9 Å². The molecule has 0 unspecified atom stereocenters. The fourth-order valence-electron chi connectivity index (χ4n) is 0.546. The van der Waals surface area contributed by atoms with Gasteiger partial charge in [0, 0.05) is 6.08 Å². The van der Waals surface area contributed by atoms with Gasteiger partial charge in [0.1, 0.15) is 5.76 Å². The van der Waals surface area contributed by atoms with Gasteiger partial charge in [-0.05, 0) is 26.8 Å². The van der Waals surface area contributed by atoms with Crippen LogP contribution in [0.3, 0.4) is 0 Å².